The van der Waals surface area contributed by atoms with Crippen molar-refractivity contribution in [1.29, 1.82) is 0 Å². The zero-order valence-electron chi connectivity index (χ0n) is 17.0. The van der Waals surface area contributed by atoms with Crippen molar-refractivity contribution in [2.24, 2.45) is 0 Å². The fourth-order valence-corrected chi connectivity index (χ4v) is 3.43. The Morgan fingerprint density at radius 1 is 1.03 bits per heavy atom. The molecule has 4 nitrogen and oxygen atoms in total. The molecule has 0 aliphatic rings. The smallest absolute Gasteiger partial charge is 0.294 e. The molecule has 1 aromatic heterocycles. The monoisotopic (exact) mass is 489 g/mol. The van der Waals surface area contributed by atoms with Crippen LogP contribution in [0.3, 0.4) is 0 Å². The van der Waals surface area contributed by atoms with E-state index < -0.39 is 0 Å². The highest BCUT2D eigenvalue weighted by atomic mass is 35.5. The molecule has 0 N–H and O–H groups in total. The zero-order chi connectivity index (χ0) is 22.2. The fraction of sp³-hybridized carbons (Fsp3) is 0.318. The molecule has 8 heteroatoms. The molecule has 0 spiro atoms. The summed E-state index contributed by atoms with van der Waals surface area (Å²) >= 11 is 16.1. The van der Waals surface area contributed by atoms with Crippen molar-refractivity contribution in [3.05, 3.63) is 64.9 Å². The third-order valence-corrected chi connectivity index (χ3v) is 4.94. The second-order valence-corrected chi connectivity index (χ2v) is 8.17. The largest absolute Gasteiger partial charge is 0.484 e. The average molecular weight is 491 g/mol. The van der Waals surface area contributed by atoms with Gasteiger partial charge >= 0.3 is 0 Å². The van der Waals surface area contributed by atoms with Crippen LogP contribution in [0.1, 0.15) is 17.4 Å². The number of carbonyl (C=O) groups is 1. The molecule has 0 saturated heterocycles. The summed E-state index contributed by atoms with van der Waals surface area (Å²) in [5.41, 5.74) is 0. The number of hydrogen-bond acceptors (Lipinski definition) is 5. The maximum Gasteiger partial charge on any atom is 0.294 e. The van der Waals surface area contributed by atoms with Crippen molar-refractivity contribution in [2.45, 2.75) is 12.5 Å². The Bertz CT molecular complexity index is 826. The summed E-state index contributed by atoms with van der Waals surface area (Å²) in [4.78, 5) is 12.6. The van der Waals surface area contributed by atoms with Gasteiger partial charge < -0.3 is 14.4 Å². The van der Waals surface area contributed by atoms with Crippen LogP contribution >= 0.6 is 46.1 Å². The van der Waals surface area contributed by atoms with Crippen LogP contribution in [0.25, 0.3) is 10.8 Å². The number of nitrogens with zero attached hydrogens (tertiary/aromatic N) is 1. The highest BCUT2D eigenvalue weighted by molar-refractivity contribution is 7.10. The number of carbonyl (C=O) groups excluding carboxylic acids is 1. The molecular weight excluding hydrogens is 465 g/mol. The van der Waals surface area contributed by atoms with Crippen LogP contribution in [0.4, 0.5) is 0 Å². The van der Waals surface area contributed by atoms with Gasteiger partial charge in [-0.15, -0.1) is 34.5 Å². The highest BCUT2D eigenvalue weighted by Gasteiger charge is 2.16. The van der Waals surface area contributed by atoms with Gasteiger partial charge in [0, 0.05) is 23.2 Å². The predicted octanol–water partition coefficient (Wildman–Crippen LogP) is 6.75. The molecule has 0 amide bonds. The molecule has 0 bridgehead atoms. The number of benzene rings is 2. The molecule has 0 fully saturated rings. The van der Waals surface area contributed by atoms with Gasteiger partial charge in [-0.05, 0) is 37.0 Å². The lowest BCUT2D eigenvalue weighted by Crippen LogP contribution is -2.18. The average Bonchev–Trinajstić information content (AvgIpc) is 3.27. The molecular formula is C22H26Cl3NO3S. The normalized spacial score (nSPS) is 11.0. The Morgan fingerprint density at radius 3 is 2.30 bits per heavy atom. The van der Waals surface area contributed by atoms with Crippen LogP contribution in [-0.2, 0) is 9.53 Å². The lowest BCUT2D eigenvalue weighted by Gasteiger charge is -2.21. The van der Waals surface area contributed by atoms with Gasteiger partial charge in [-0.3, -0.25) is 4.79 Å². The van der Waals surface area contributed by atoms with E-state index in [0.29, 0.717) is 6.47 Å². The zero-order valence-corrected chi connectivity index (χ0v) is 20.1. The molecule has 0 aliphatic carbocycles. The van der Waals surface area contributed by atoms with Crippen molar-refractivity contribution in [2.75, 3.05) is 32.0 Å². The van der Waals surface area contributed by atoms with Crippen LogP contribution in [0, 0.1) is 0 Å². The van der Waals surface area contributed by atoms with Crippen LogP contribution < -0.4 is 4.74 Å². The van der Waals surface area contributed by atoms with E-state index >= 15 is 0 Å². The van der Waals surface area contributed by atoms with Crippen molar-refractivity contribution < 1.29 is 14.3 Å². The minimum absolute atomic E-state index is 0.0521. The lowest BCUT2D eigenvalue weighted by molar-refractivity contribution is -0.126. The maximum atomic E-state index is 9.10. The van der Waals surface area contributed by atoms with Gasteiger partial charge in [-0.1, -0.05) is 54.1 Å². The molecule has 1 atom stereocenters. The maximum absolute atomic E-state index is 9.10. The molecule has 164 valence electrons. The van der Waals surface area contributed by atoms with Gasteiger partial charge in [0.15, 0.2) is 6.07 Å². The third kappa shape index (κ3) is 10.0. The lowest BCUT2D eigenvalue weighted by atomic mass is 10.1. The van der Waals surface area contributed by atoms with Gasteiger partial charge in [0.1, 0.15) is 11.9 Å². The van der Waals surface area contributed by atoms with E-state index in [4.69, 9.17) is 44.3 Å². The Hall–Kier alpha value is -1.50. The fourth-order valence-electron chi connectivity index (χ4n) is 2.59. The van der Waals surface area contributed by atoms with Crippen molar-refractivity contribution >= 4 is 63.4 Å². The third-order valence-electron chi connectivity index (χ3n) is 3.85. The van der Waals surface area contributed by atoms with Gasteiger partial charge in [0.25, 0.3) is 6.47 Å². The summed E-state index contributed by atoms with van der Waals surface area (Å²) in [7, 11) is 4.20. The summed E-state index contributed by atoms with van der Waals surface area (Å²) < 4.78 is 10.3. The Morgan fingerprint density at radius 2 is 1.73 bits per heavy atom. The molecule has 30 heavy (non-hydrogen) atoms. The van der Waals surface area contributed by atoms with E-state index in [-0.39, 0.29) is 17.5 Å². The Labute approximate surface area is 197 Å². The number of hydrogen-bond donors (Lipinski definition) is 0. The van der Waals surface area contributed by atoms with Crippen LogP contribution in [0.15, 0.2) is 60.0 Å². The van der Waals surface area contributed by atoms with Crippen LogP contribution in [0.5, 0.6) is 5.75 Å². The first-order valence-electron chi connectivity index (χ1n) is 9.13. The van der Waals surface area contributed by atoms with E-state index in [2.05, 4.69) is 83.7 Å². The van der Waals surface area contributed by atoms with E-state index in [1.807, 2.05) is 0 Å². The number of ether oxygens (including phenoxy) is 2. The Kier molecular flexibility index (Phi) is 14.4. The quantitative estimate of drug-likeness (QED) is 0.258. The van der Waals surface area contributed by atoms with Gasteiger partial charge in [-0.25, -0.2) is 0 Å². The van der Waals surface area contributed by atoms with Crippen molar-refractivity contribution in [1.82, 2.24) is 4.90 Å². The molecule has 1 unspecified atom stereocenters. The minimum atomic E-state index is -0.0521. The van der Waals surface area contributed by atoms with Crippen molar-refractivity contribution in [3.63, 3.8) is 0 Å². The topological polar surface area (TPSA) is 38.8 Å². The second-order valence-electron chi connectivity index (χ2n) is 6.16. The summed E-state index contributed by atoms with van der Waals surface area (Å²) in [5.74, 6) is 0.968. The van der Waals surface area contributed by atoms with E-state index in [0.717, 1.165) is 18.7 Å². The first-order valence-corrected chi connectivity index (χ1v) is 11.6. The molecule has 0 aliphatic heterocycles. The minimum Gasteiger partial charge on any atom is -0.484 e. The van der Waals surface area contributed by atoms with Gasteiger partial charge in [-0.2, -0.15) is 0 Å². The van der Waals surface area contributed by atoms with E-state index in [1.54, 1.807) is 11.3 Å². The van der Waals surface area contributed by atoms with Gasteiger partial charge in [0.05, 0.1) is 5.34 Å². The molecule has 0 radical (unpaired) electrons. The molecule has 0 saturated carbocycles. The number of halogens is 3. The first-order chi connectivity index (χ1) is 14.6. The number of fused-ring (bicyclic) bond motifs is 1. The standard InChI is InChI=1S/C19H21NOS.C2H3ClO2.CH2Cl2/c1-20(2)13-12-18(19-11-6-14-22-19)21-17-10-5-8-15-7-3-4-9-16(15)17;3-1-5-2-4;2-1-3/h3-11,14,18H,12-13H2,1-2H3;2H,1H2;1H2. The molecule has 2 aromatic carbocycles. The molecule has 1 heterocycles. The van der Waals surface area contributed by atoms with E-state index in [1.165, 1.54) is 15.6 Å². The van der Waals surface area contributed by atoms with Crippen molar-refractivity contribution in [3.8, 4) is 5.75 Å². The first kappa shape index (κ1) is 26.5. The molecule has 3 rings (SSSR count). The highest BCUT2D eigenvalue weighted by Crippen LogP contribution is 2.32. The second kappa shape index (κ2) is 16.2. The molecule has 3 aromatic rings. The summed E-state index contributed by atoms with van der Waals surface area (Å²) in [6.45, 7) is 1.31. The van der Waals surface area contributed by atoms with Gasteiger partial charge in [0.2, 0.25) is 0 Å². The summed E-state index contributed by atoms with van der Waals surface area (Å²) in [6, 6.07) is 18.8. The van der Waals surface area contributed by atoms with Crippen LogP contribution in [0.2, 0.25) is 0 Å². The Balaban J connectivity index is 0.000000485. The predicted molar refractivity (Wildman–Crippen MR) is 129 cm³/mol. The SMILES string of the molecule is CN(C)CCC(Oc1cccc2ccccc12)c1cccs1.ClCCl.O=COCCl. The van der Waals surface area contributed by atoms with Crippen LogP contribution in [-0.4, -0.2) is 43.4 Å². The summed E-state index contributed by atoms with van der Waals surface area (Å²) in [6.07, 6.45) is 1.09. The van der Waals surface area contributed by atoms with E-state index in [9.17, 15) is 0 Å². The number of thiophene rings is 1. The number of rotatable bonds is 8. The summed E-state index contributed by atoms with van der Waals surface area (Å²) in [5, 5.41) is 4.71. The number of alkyl halides is 3.